The molecule has 0 unspecified atom stereocenters. The van der Waals surface area contributed by atoms with Crippen molar-refractivity contribution in [1.82, 2.24) is 9.47 Å². The molecule has 2 heterocycles. The number of amides is 1. The summed E-state index contributed by atoms with van der Waals surface area (Å²) in [5, 5.41) is 2.23. The number of para-hydroxylation sites is 1. The first-order valence-electron chi connectivity index (χ1n) is 12.9. The maximum absolute atomic E-state index is 13.3. The van der Waals surface area contributed by atoms with Crippen LogP contribution in [0, 0.1) is 0 Å². The highest BCUT2D eigenvalue weighted by Gasteiger charge is 2.28. The lowest BCUT2D eigenvalue weighted by Gasteiger charge is -2.34. The molecule has 1 aliphatic rings. The van der Waals surface area contributed by atoms with Crippen LogP contribution in [0.2, 0.25) is 15.1 Å². The minimum atomic E-state index is -0.542. The van der Waals surface area contributed by atoms with Crippen LogP contribution in [0.1, 0.15) is 45.1 Å². The van der Waals surface area contributed by atoms with Crippen molar-refractivity contribution in [3.8, 4) is 16.8 Å². The van der Waals surface area contributed by atoms with Gasteiger partial charge in [-0.05, 0) is 81.0 Å². The normalized spacial score (nSPS) is 14.6. The molecule has 202 valence electrons. The molecular formula is C31H29Cl3N2O3. The highest BCUT2D eigenvalue weighted by molar-refractivity contribution is 6.38. The van der Waals surface area contributed by atoms with Crippen LogP contribution in [0.3, 0.4) is 0 Å². The van der Waals surface area contributed by atoms with Crippen molar-refractivity contribution in [3.05, 3.63) is 97.7 Å². The highest BCUT2D eigenvalue weighted by atomic mass is 35.5. The molecule has 0 spiro atoms. The molecule has 5 nitrogen and oxygen atoms in total. The Kier molecular flexibility index (Phi) is 7.69. The van der Waals surface area contributed by atoms with E-state index in [0.717, 1.165) is 34.9 Å². The zero-order valence-corrected chi connectivity index (χ0v) is 24.3. The van der Waals surface area contributed by atoms with Gasteiger partial charge in [0, 0.05) is 35.1 Å². The van der Waals surface area contributed by atoms with Crippen LogP contribution in [0.4, 0.5) is 4.79 Å². The molecule has 0 radical (unpaired) electrons. The number of fused-ring (bicyclic) bond motifs is 1. The summed E-state index contributed by atoms with van der Waals surface area (Å²) >= 11 is 19.8. The predicted octanol–water partition coefficient (Wildman–Crippen LogP) is 8.73. The number of ether oxygens (including phenoxy) is 1. The van der Waals surface area contributed by atoms with Gasteiger partial charge in [0.1, 0.15) is 5.60 Å². The van der Waals surface area contributed by atoms with Gasteiger partial charge in [0.2, 0.25) is 0 Å². The standard InChI is InChI=1S/C31H29Cl3N2O3/c1-31(2,3)39-30(38)35-15-13-19(14-16-35)20-17-23(21-7-4-5-8-24(21)32)22-11-12-28(37)36(27(22)18-20)29-25(33)9-6-10-26(29)34/h4-12,17-19H,13-16H2,1-3H3. The Labute approximate surface area is 242 Å². The van der Waals surface area contributed by atoms with E-state index in [-0.39, 0.29) is 17.6 Å². The number of rotatable bonds is 3. The molecule has 0 N–H and O–H groups in total. The molecule has 1 aliphatic heterocycles. The van der Waals surface area contributed by atoms with Crippen molar-refractivity contribution in [2.75, 3.05) is 13.1 Å². The van der Waals surface area contributed by atoms with E-state index in [1.165, 1.54) is 6.07 Å². The summed E-state index contributed by atoms with van der Waals surface area (Å²) in [7, 11) is 0. The largest absolute Gasteiger partial charge is 0.444 e. The molecule has 1 amide bonds. The number of nitrogens with zero attached hydrogens (tertiary/aromatic N) is 2. The number of pyridine rings is 1. The van der Waals surface area contributed by atoms with Gasteiger partial charge in [-0.3, -0.25) is 9.36 Å². The molecule has 1 saturated heterocycles. The van der Waals surface area contributed by atoms with Gasteiger partial charge < -0.3 is 9.64 Å². The van der Waals surface area contributed by atoms with Crippen LogP contribution in [0.15, 0.2) is 71.5 Å². The fraction of sp³-hybridized carbons (Fsp3) is 0.290. The summed E-state index contributed by atoms with van der Waals surface area (Å²) in [5.74, 6) is 0.166. The van der Waals surface area contributed by atoms with Crippen LogP contribution in [0.5, 0.6) is 0 Å². The van der Waals surface area contributed by atoms with E-state index in [4.69, 9.17) is 39.5 Å². The minimum absolute atomic E-state index is 0.166. The smallest absolute Gasteiger partial charge is 0.410 e. The monoisotopic (exact) mass is 582 g/mol. The molecule has 1 fully saturated rings. The maximum Gasteiger partial charge on any atom is 0.410 e. The van der Waals surface area contributed by atoms with Gasteiger partial charge in [0.05, 0.1) is 21.2 Å². The summed E-state index contributed by atoms with van der Waals surface area (Å²) < 4.78 is 7.16. The average molecular weight is 584 g/mol. The van der Waals surface area contributed by atoms with Gasteiger partial charge in [-0.1, -0.05) is 65.1 Å². The lowest BCUT2D eigenvalue weighted by Crippen LogP contribution is -2.41. The highest BCUT2D eigenvalue weighted by Crippen LogP contribution is 2.40. The summed E-state index contributed by atoms with van der Waals surface area (Å²) in [4.78, 5) is 27.7. The summed E-state index contributed by atoms with van der Waals surface area (Å²) in [6.07, 6.45) is 1.23. The lowest BCUT2D eigenvalue weighted by molar-refractivity contribution is 0.0205. The third-order valence-electron chi connectivity index (χ3n) is 6.98. The van der Waals surface area contributed by atoms with Crippen molar-refractivity contribution in [2.24, 2.45) is 0 Å². The van der Waals surface area contributed by atoms with Gasteiger partial charge in [0.15, 0.2) is 0 Å². The van der Waals surface area contributed by atoms with E-state index in [2.05, 4.69) is 6.07 Å². The van der Waals surface area contributed by atoms with E-state index in [1.54, 1.807) is 27.7 Å². The summed E-state index contributed by atoms with van der Waals surface area (Å²) in [6.45, 7) is 6.77. The molecule has 39 heavy (non-hydrogen) atoms. The Balaban J connectivity index is 1.65. The summed E-state index contributed by atoms with van der Waals surface area (Å²) in [6, 6.07) is 20.4. The van der Waals surface area contributed by atoms with E-state index in [0.29, 0.717) is 39.4 Å². The van der Waals surface area contributed by atoms with Crippen LogP contribution in [0.25, 0.3) is 27.7 Å². The first-order chi connectivity index (χ1) is 18.5. The molecule has 0 aliphatic carbocycles. The number of carbonyl (C=O) groups excluding carboxylic acids is 1. The number of benzene rings is 3. The van der Waals surface area contributed by atoms with E-state index >= 15 is 0 Å². The molecule has 8 heteroatoms. The Morgan fingerprint density at radius 1 is 0.846 bits per heavy atom. The van der Waals surface area contributed by atoms with Crippen molar-refractivity contribution < 1.29 is 9.53 Å². The number of hydrogen-bond acceptors (Lipinski definition) is 3. The van der Waals surface area contributed by atoms with Gasteiger partial charge in [-0.2, -0.15) is 0 Å². The molecule has 0 bridgehead atoms. The van der Waals surface area contributed by atoms with Crippen molar-refractivity contribution in [2.45, 2.75) is 45.1 Å². The molecule has 5 rings (SSSR count). The third kappa shape index (κ3) is 5.67. The second-order valence-corrected chi connectivity index (χ2v) is 12.0. The zero-order valence-electron chi connectivity index (χ0n) is 22.0. The van der Waals surface area contributed by atoms with Crippen LogP contribution in [-0.2, 0) is 4.74 Å². The first kappa shape index (κ1) is 27.6. The Morgan fingerprint density at radius 2 is 1.49 bits per heavy atom. The molecule has 0 saturated carbocycles. The quantitative estimate of drug-likeness (QED) is 0.242. The molecule has 0 atom stereocenters. The SMILES string of the molecule is CC(C)(C)OC(=O)N1CCC(c2cc(-c3ccccc3Cl)c3ccc(=O)n(-c4c(Cl)cccc4Cl)c3c2)CC1. The number of halogens is 3. The molecule has 4 aromatic rings. The number of aromatic nitrogens is 1. The minimum Gasteiger partial charge on any atom is -0.444 e. The molecule has 1 aromatic heterocycles. The number of hydrogen-bond donors (Lipinski definition) is 0. The van der Waals surface area contributed by atoms with Gasteiger partial charge in [-0.15, -0.1) is 0 Å². The predicted molar refractivity (Wildman–Crippen MR) is 160 cm³/mol. The van der Waals surface area contributed by atoms with Crippen LogP contribution < -0.4 is 5.56 Å². The average Bonchev–Trinajstić information content (AvgIpc) is 2.88. The Bertz CT molecular complexity index is 1600. The van der Waals surface area contributed by atoms with Crippen molar-refractivity contribution in [3.63, 3.8) is 0 Å². The zero-order chi connectivity index (χ0) is 27.9. The topological polar surface area (TPSA) is 51.5 Å². The second-order valence-electron chi connectivity index (χ2n) is 10.8. The molecule has 3 aromatic carbocycles. The van der Waals surface area contributed by atoms with Crippen LogP contribution >= 0.6 is 34.8 Å². The van der Waals surface area contributed by atoms with Crippen LogP contribution in [-0.4, -0.2) is 34.3 Å². The lowest BCUT2D eigenvalue weighted by atomic mass is 9.86. The van der Waals surface area contributed by atoms with E-state index in [1.807, 2.05) is 57.2 Å². The van der Waals surface area contributed by atoms with Crippen molar-refractivity contribution in [1.29, 1.82) is 0 Å². The second kappa shape index (κ2) is 10.9. The Hall–Kier alpha value is -2.99. The maximum atomic E-state index is 13.3. The van der Waals surface area contributed by atoms with Gasteiger partial charge in [0.25, 0.3) is 5.56 Å². The van der Waals surface area contributed by atoms with E-state index < -0.39 is 5.60 Å². The van der Waals surface area contributed by atoms with Gasteiger partial charge >= 0.3 is 6.09 Å². The van der Waals surface area contributed by atoms with Gasteiger partial charge in [-0.25, -0.2) is 4.79 Å². The fourth-order valence-corrected chi connectivity index (χ4v) is 5.97. The fourth-order valence-electron chi connectivity index (χ4n) is 5.16. The summed E-state index contributed by atoms with van der Waals surface area (Å²) in [5.41, 5.74) is 3.20. The third-order valence-corrected chi connectivity index (χ3v) is 7.92. The number of carbonyl (C=O) groups is 1. The van der Waals surface area contributed by atoms with E-state index in [9.17, 15) is 9.59 Å². The number of piperidine rings is 1. The number of likely N-dealkylation sites (tertiary alicyclic amines) is 1. The van der Waals surface area contributed by atoms with Crippen molar-refractivity contribution >= 4 is 51.8 Å². The Morgan fingerprint density at radius 3 is 2.13 bits per heavy atom. The molecular weight excluding hydrogens is 555 g/mol. The first-order valence-corrected chi connectivity index (χ1v) is 14.0.